The van der Waals surface area contributed by atoms with E-state index in [0.717, 1.165) is 25.0 Å². The van der Waals surface area contributed by atoms with E-state index in [9.17, 15) is 14.4 Å². The lowest BCUT2D eigenvalue weighted by atomic mass is 10.1. The van der Waals surface area contributed by atoms with E-state index in [1.54, 1.807) is 13.0 Å². The Bertz CT molecular complexity index is 747. The Labute approximate surface area is 165 Å². The minimum Gasteiger partial charge on any atom is -0.463 e. The van der Waals surface area contributed by atoms with Crippen molar-refractivity contribution in [2.45, 2.75) is 32.7 Å². The molecule has 0 saturated heterocycles. The first-order chi connectivity index (χ1) is 12.3. The van der Waals surface area contributed by atoms with Gasteiger partial charge in [-0.3, -0.25) is 9.59 Å². The highest BCUT2D eigenvalue weighted by atomic mass is 79.9. The van der Waals surface area contributed by atoms with E-state index in [0.29, 0.717) is 15.4 Å². The van der Waals surface area contributed by atoms with Gasteiger partial charge in [-0.1, -0.05) is 11.6 Å². The fraction of sp³-hybridized carbons (Fsp3) is 0.389. The van der Waals surface area contributed by atoms with Crippen molar-refractivity contribution in [3.05, 3.63) is 39.3 Å². The Balaban J connectivity index is 2.17. The smallest absolute Gasteiger partial charge is 0.330 e. The first-order valence-corrected chi connectivity index (χ1v) is 9.44. The third kappa shape index (κ3) is 5.85. The molecule has 0 bridgehead atoms. The average molecular weight is 444 g/mol. The van der Waals surface area contributed by atoms with Crippen molar-refractivity contribution >= 4 is 51.0 Å². The van der Waals surface area contributed by atoms with Gasteiger partial charge < -0.3 is 15.4 Å². The summed E-state index contributed by atoms with van der Waals surface area (Å²) < 4.78 is 5.18. The lowest BCUT2D eigenvalue weighted by Gasteiger charge is -2.16. The SMILES string of the molecule is CCOC(=O)C=CC(=O)Nc1c(Br)cc(Cl)cc1C(=O)NC(C)C1CC1. The van der Waals surface area contributed by atoms with Crippen LogP contribution in [0.15, 0.2) is 28.8 Å². The van der Waals surface area contributed by atoms with Crippen LogP contribution >= 0.6 is 27.5 Å². The first-order valence-electron chi connectivity index (χ1n) is 8.27. The third-order valence-corrected chi connectivity index (χ3v) is 4.74. The molecule has 0 spiro atoms. The van der Waals surface area contributed by atoms with Crippen LogP contribution in [0.3, 0.4) is 0 Å². The molecule has 26 heavy (non-hydrogen) atoms. The lowest BCUT2D eigenvalue weighted by Crippen LogP contribution is -2.34. The van der Waals surface area contributed by atoms with Crippen molar-refractivity contribution in [1.29, 1.82) is 0 Å². The molecule has 0 heterocycles. The molecule has 1 aliphatic rings. The van der Waals surface area contributed by atoms with Gasteiger partial charge in [0.15, 0.2) is 0 Å². The number of esters is 1. The number of ether oxygens (including phenoxy) is 1. The van der Waals surface area contributed by atoms with E-state index in [2.05, 4.69) is 26.6 Å². The summed E-state index contributed by atoms with van der Waals surface area (Å²) in [6.45, 7) is 3.84. The van der Waals surface area contributed by atoms with Crippen molar-refractivity contribution in [3.8, 4) is 0 Å². The number of carbonyl (C=O) groups excluding carboxylic acids is 3. The van der Waals surface area contributed by atoms with Gasteiger partial charge in [0.1, 0.15) is 0 Å². The number of anilines is 1. The fourth-order valence-corrected chi connectivity index (χ4v) is 3.29. The van der Waals surface area contributed by atoms with Gasteiger partial charge in [0.05, 0.1) is 17.9 Å². The standard InChI is InChI=1S/C18H20BrClN2O4/c1-3-26-16(24)7-6-15(23)22-17-13(8-12(20)9-14(17)19)18(25)21-10(2)11-4-5-11/h6-11H,3-5H2,1-2H3,(H,21,25)(H,22,23). The normalized spacial score (nSPS) is 14.8. The number of rotatable bonds is 7. The lowest BCUT2D eigenvalue weighted by molar-refractivity contribution is -0.137. The monoisotopic (exact) mass is 442 g/mol. The molecular formula is C18H20BrClN2O4. The highest BCUT2D eigenvalue weighted by molar-refractivity contribution is 9.10. The molecule has 1 unspecified atom stereocenters. The molecule has 2 rings (SSSR count). The van der Waals surface area contributed by atoms with Crippen LogP contribution in [0.1, 0.15) is 37.0 Å². The van der Waals surface area contributed by atoms with E-state index < -0.39 is 11.9 Å². The van der Waals surface area contributed by atoms with Crippen LogP contribution in [-0.2, 0) is 14.3 Å². The summed E-state index contributed by atoms with van der Waals surface area (Å²) in [6, 6.07) is 3.12. The quantitative estimate of drug-likeness (QED) is 0.497. The van der Waals surface area contributed by atoms with Crippen molar-refractivity contribution in [2.24, 2.45) is 5.92 Å². The maximum absolute atomic E-state index is 12.6. The van der Waals surface area contributed by atoms with E-state index in [1.165, 1.54) is 6.07 Å². The molecule has 8 heteroatoms. The van der Waals surface area contributed by atoms with Crippen LogP contribution in [0, 0.1) is 5.92 Å². The predicted molar refractivity (Wildman–Crippen MR) is 103 cm³/mol. The highest BCUT2D eigenvalue weighted by Crippen LogP contribution is 2.34. The second kappa shape index (κ2) is 9.19. The minimum absolute atomic E-state index is 0.0486. The Morgan fingerprint density at radius 1 is 1.35 bits per heavy atom. The zero-order chi connectivity index (χ0) is 19.3. The van der Waals surface area contributed by atoms with Gasteiger partial charge >= 0.3 is 5.97 Å². The van der Waals surface area contributed by atoms with Crippen LogP contribution in [-0.4, -0.2) is 30.4 Å². The maximum atomic E-state index is 12.6. The Hall–Kier alpha value is -1.86. The molecule has 0 radical (unpaired) electrons. The van der Waals surface area contributed by atoms with Crippen LogP contribution in [0.5, 0.6) is 0 Å². The maximum Gasteiger partial charge on any atom is 0.330 e. The minimum atomic E-state index is -0.617. The molecule has 6 nitrogen and oxygen atoms in total. The number of amides is 2. The van der Waals surface area contributed by atoms with Crippen molar-refractivity contribution in [3.63, 3.8) is 0 Å². The molecule has 0 aromatic heterocycles. The number of nitrogens with one attached hydrogen (secondary N) is 2. The fourth-order valence-electron chi connectivity index (χ4n) is 2.38. The summed E-state index contributed by atoms with van der Waals surface area (Å²) in [5.41, 5.74) is 0.531. The Morgan fingerprint density at radius 2 is 2.04 bits per heavy atom. The van der Waals surface area contributed by atoms with Gasteiger partial charge in [-0.2, -0.15) is 0 Å². The summed E-state index contributed by atoms with van der Waals surface area (Å²) >= 11 is 9.37. The van der Waals surface area contributed by atoms with Crippen molar-refractivity contribution in [2.75, 3.05) is 11.9 Å². The molecule has 1 saturated carbocycles. The third-order valence-electron chi connectivity index (χ3n) is 3.89. The molecular weight excluding hydrogens is 424 g/mol. The first kappa shape index (κ1) is 20.5. The molecule has 1 atom stereocenters. The topological polar surface area (TPSA) is 84.5 Å². The van der Waals surface area contributed by atoms with Gasteiger partial charge in [0, 0.05) is 27.7 Å². The van der Waals surface area contributed by atoms with Gasteiger partial charge in [0.2, 0.25) is 5.91 Å². The van der Waals surface area contributed by atoms with E-state index in [1.807, 2.05) is 6.92 Å². The number of hydrogen-bond donors (Lipinski definition) is 2. The van der Waals surface area contributed by atoms with E-state index in [-0.39, 0.29) is 29.8 Å². The van der Waals surface area contributed by atoms with E-state index >= 15 is 0 Å². The molecule has 1 fully saturated rings. The molecule has 2 N–H and O–H groups in total. The highest BCUT2D eigenvalue weighted by Gasteiger charge is 2.30. The average Bonchev–Trinajstić information content (AvgIpc) is 3.40. The van der Waals surface area contributed by atoms with E-state index in [4.69, 9.17) is 16.3 Å². The Kier molecular flexibility index (Phi) is 7.23. The summed E-state index contributed by atoms with van der Waals surface area (Å²) in [4.78, 5) is 36.0. The second-order valence-electron chi connectivity index (χ2n) is 5.98. The van der Waals surface area contributed by atoms with Gasteiger partial charge in [-0.25, -0.2) is 4.79 Å². The summed E-state index contributed by atoms with van der Waals surface area (Å²) in [7, 11) is 0. The number of carbonyl (C=O) groups is 3. The zero-order valence-electron chi connectivity index (χ0n) is 14.5. The van der Waals surface area contributed by atoms with Crippen LogP contribution in [0.4, 0.5) is 5.69 Å². The van der Waals surface area contributed by atoms with Crippen LogP contribution in [0.2, 0.25) is 5.02 Å². The van der Waals surface area contributed by atoms with Gasteiger partial charge in [-0.05, 0) is 60.7 Å². The summed E-state index contributed by atoms with van der Waals surface area (Å²) in [5, 5.41) is 5.90. The number of hydrogen-bond acceptors (Lipinski definition) is 4. The number of halogens is 2. The summed E-state index contributed by atoms with van der Waals surface area (Å²) in [6.07, 6.45) is 4.27. The second-order valence-corrected chi connectivity index (χ2v) is 7.28. The molecule has 2 amide bonds. The van der Waals surface area contributed by atoms with Crippen molar-refractivity contribution < 1.29 is 19.1 Å². The largest absolute Gasteiger partial charge is 0.463 e. The Morgan fingerprint density at radius 3 is 2.65 bits per heavy atom. The molecule has 1 aliphatic carbocycles. The molecule has 1 aromatic carbocycles. The molecule has 0 aliphatic heterocycles. The predicted octanol–water partition coefficient (Wildman–Crippen LogP) is 3.69. The number of benzene rings is 1. The summed E-state index contributed by atoms with van der Waals surface area (Å²) in [5.74, 6) is -1.01. The zero-order valence-corrected chi connectivity index (χ0v) is 16.8. The van der Waals surface area contributed by atoms with Crippen molar-refractivity contribution in [1.82, 2.24) is 5.32 Å². The van der Waals surface area contributed by atoms with Gasteiger partial charge in [-0.15, -0.1) is 0 Å². The molecule has 140 valence electrons. The van der Waals surface area contributed by atoms with Crippen LogP contribution < -0.4 is 10.6 Å². The van der Waals surface area contributed by atoms with Gasteiger partial charge in [0.25, 0.3) is 5.91 Å². The van der Waals surface area contributed by atoms with Crippen LogP contribution in [0.25, 0.3) is 0 Å². The molecule has 1 aromatic rings.